The summed E-state index contributed by atoms with van der Waals surface area (Å²) < 4.78 is 16.2. The lowest BCUT2D eigenvalue weighted by atomic mass is 9.82. The lowest BCUT2D eigenvalue weighted by Gasteiger charge is -2.30. The molecule has 0 heterocycles. The van der Waals surface area contributed by atoms with Gasteiger partial charge in [-0.1, -0.05) is 43.2 Å². The second kappa shape index (κ2) is 5.80. The molecule has 1 fully saturated rings. The monoisotopic (exact) mass is 258 g/mol. The Morgan fingerprint density at radius 1 is 1.19 bits per heavy atom. The van der Waals surface area contributed by atoms with Crippen molar-refractivity contribution in [1.29, 1.82) is 0 Å². The quantitative estimate of drug-likeness (QED) is 0.775. The molecule has 1 unspecified atom stereocenters. The minimum absolute atomic E-state index is 0.00511. The highest BCUT2D eigenvalue weighted by Crippen LogP contribution is 2.35. The van der Waals surface area contributed by atoms with Crippen LogP contribution in [0.1, 0.15) is 37.2 Å². The molecule has 0 radical (unpaired) electrons. The molecule has 0 saturated heterocycles. The van der Waals surface area contributed by atoms with E-state index in [2.05, 4.69) is 12.1 Å². The first-order valence-corrected chi connectivity index (χ1v) is 7.47. The van der Waals surface area contributed by atoms with Crippen molar-refractivity contribution in [1.82, 2.24) is 0 Å². The van der Waals surface area contributed by atoms with Crippen molar-refractivity contribution in [3.05, 3.63) is 35.9 Å². The summed E-state index contributed by atoms with van der Waals surface area (Å²) in [6.07, 6.45) is 4.35. The zero-order valence-electron chi connectivity index (χ0n) is 8.97. The molecule has 3 atom stereocenters. The summed E-state index contributed by atoms with van der Waals surface area (Å²) in [5, 5.41) is 0. The van der Waals surface area contributed by atoms with Crippen LogP contribution in [0.3, 0.4) is 0 Å². The Morgan fingerprint density at radius 3 is 2.56 bits per heavy atom. The van der Waals surface area contributed by atoms with Gasteiger partial charge in [-0.2, -0.15) is 0 Å². The molecule has 0 bridgehead atoms. The maximum Gasteiger partial charge on any atom is 0.256 e. The van der Waals surface area contributed by atoms with Gasteiger partial charge in [0.1, 0.15) is 0 Å². The second-order valence-corrected chi connectivity index (χ2v) is 5.47. The van der Waals surface area contributed by atoms with Gasteiger partial charge in [-0.05, 0) is 18.4 Å². The maximum atomic E-state index is 10.9. The molecular weight excluding hydrogens is 244 g/mol. The number of benzene rings is 1. The van der Waals surface area contributed by atoms with Gasteiger partial charge in [0.2, 0.25) is 0 Å². The van der Waals surface area contributed by atoms with Crippen LogP contribution in [-0.2, 0) is 14.5 Å². The van der Waals surface area contributed by atoms with Gasteiger partial charge in [0.05, 0.1) is 6.10 Å². The molecule has 1 aromatic carbocycles. The molecule has 0 N–H and O–H groups in total. The number of rotatable bonds is 3. The molecule has 2 rings (SSSR count). The van der Waals surface area contributed by atoms with Crippen LogP contribution in [0.5, 0.6) is 0 Å². The summed E-state index contributed by atoms with van der Waals surface area (Å²) in [5.41, 5.74) is 1.26. The lowest BCUT2D eigenvalue weighted by Crippen LogP contribution is -2.25. The summed E-state index contributed by atoms with van der Waals surface area (Å²) >= 11 is 0. The zero-order chi connectivity index (χ0) is 11.4. The van der Waals surface area contributed by atoms with E-state index in [0.29, 0.717) is 5.92 Å². The molecule has 16 heavy (non-hydrogen) atoms. The summed E-state index contributed by atoms with van der Waals surface area (Å²) in [6, 6.07) is 10.3. The van der Waals surface area contributed by atoms with Gasteiger partial charge in [0, 0.05) is 16.6 Å². The standard InChI is InChI=1S/C12H15ClO2S/c13-16(14)15-12-9-5-4-8-11(12)10-6-2-1-3-7-10/h1-3,6-7,11-12H,4-5,8-9H2/t11-,12+,16?/m0/s1. The molecule has 1 aliphatic carbocycles. The van der Waals surface area contributed by atoms with Crippen LogP contribution in [0.15, 0.2) is 30.3 Å². The van der Waals surface area contributed by atoms with E-state index in [0.717, 1.165) is 19.3 Å². The van der Waals surface area contributed by atoms with Crippen molar-refractivity contribution in [2.24, 2.45) is 0 Å². The molecule has 1 aromatic rings. The molecule has 0 spiro atoms. The second-order valence-electron chi connectivity index (χ2n) is 4.13. The maximum absolute atomic E-state index is 10.9. The fourth-order valence-electron chi connectivity index (χ4n) is 2.39. The van der Waals surface area contributed by atoms with Crippen LogP contribution in [0.2, 0.25) is 0 Å². The van der Waals surface area contributed by atoms with Gasteiger partial charge in [-0.25, -0.2) is 4.21 Å². The van der Waals surface area contributed by atoms with E-state index in [1.54, 1.807) is 0 Å². The van der Waals surface area contributed by atoms with Crippen molar-refractivity contribution in [2.45, 2.75) is 37.7 Å². The van der Waals surface area contributed by atoms with Crippen molar-refractivity contribution >= 4 is 21.0 Å². The summed E-state index contributed by atoms with van der Waals surface area (Å²) in [5.74, 6) is 0.331. The Kier molecular flexibility index (Phi) is 4.38. The van der Waals surface area contributed by atoms with Crippen molar-refractivity contribution in [3.8, 4) is 0 Å². The van der Waals surface area contributed by atoms with Crippen LogP contribution in [0.4, 0.5) is 0 Å². The SMILES string of the molecule is O=S(Cl)O[C@@H]1CCCC[C@H]1c1ccccc1. The highest BCUT2D eigenvalue weighted by Gasteiger charge is 2.28. The van der Waals surface area contributed by atoms with E-state index in [1.165, 1.54) is 12.0 Å². The average molecular weight is 259 g/mol. The lowest BCUT2D eigenvalue weighted by molar-refractivity contribution is 0.150. The minimum atomic E-state index is -1.69. The van der Waals surface area contributed by atoms with Crippen LogP contribution < -0.4 is 0 Å². The van der Waals surface area contributed by atoms with Crippen molar-refractivity contribution < 1.29 is 8.39 Å². The number of hydrogen-bond donors (Lipinski definition) is 0. The molecule has 0 amide bonds. The van der Waals surface area contributed by atoms with Gasteiger partial charge in [0.25, 0.3) is 10.3 Å². The predicted octanol–water partition coefficient (Wildman–Crippen LogP) is 3.55. The third-order valence-electron chi connectivity index (χ3n) is 3.13. The molecule has 0 aliphatic heterocycles. The van der Waals surface area contributed by atoms with Crippen LogP contribution in [0.25, 0.3) is 0 Å². The third-order valence-corrected chi connectivity index (χ3v) is 3.75. The fourth-order valence-corrected chi connectivity index (χ4v) is 3.10. The first-order valence-electron chi connectivity index (χ1n) is 5.57. The Hall–Kier alpha value is -0.380. The highest BCUT2D eigenvalue weighted by molar-refractivity contribution is 8.04. The highest BCUT2D eigenvalue weighted by atomic mass is 35.7. The van der Waals surface area contributed by atoms with E-state index in [4.69, 9.17) is 14.9 Å². The first kappa shape index (κ1) is 12.1. The smallest absolute Gasteiger partial charge is 0.256 e. The van der Waals surface area contributed by atoms with Crippen LogP contribution in [0, 0.1) is 0 Å². The largest absolute Gasteiger partial charge is 0.274 e. The van der Waals surface area contributed by atoms with E-state index in [1.807, 2.05) is 18.2 Å². The van der Waals surface area contributed by atoms with E-state index < -0.39 is 10.3 Å². The topological polar surface area (TPSA) is 26.3 Å². The molecule has 4 heteroatoms. The van der Waals surface area contributed by atoms with Crippen molar-refractivity contribution in [3.63, 3.8) is 0 Å². The average Bonchev–Trinajstić information content (AvgIpc) is 2.30. The summed E-state index contributed by atoms with van der Waals surface area (Å²) in [6.45, 7) is 0. The summed E-state index contributed by atoms with van der Waals surface area (Å²) in [7, 11) is 3.73. The number of hydrogen-bond acceptors (Lipinski definition) is 2. The number of halogens is 1. The van der Waals surface area contributed by atoms with E-state index in [9.17, 15) is 4.21 Å². The van der Waals surface area contributed by atoms with Crippen LogP contribution in [-0.4, -0.2) is 10.3 Å². The van der Waals surface area contributed by atoms with Gasteiger partial charge in [-0.15, -0.1) is 0 Å². The minimum Gasteiger partial charge on any atom is -0.274 e. The van der Waals surface area contributed by atoms with Gasteiger partial charge in [0.15, 0.2) is 0 Å². The van der Waals surface area contributed by atoms with E-state index >= 15 is 0 Å². The van der Waals surface area contributed by atoms with Gasteiger partial charge >= 0.3 is 0 Å². The molecule has 0 aromatic heterocycles. The molecule has 88 valence electrons. The molecule has 1 saturated carbocycles. The normalized spacial score (nSPS) is 27.6. The van der Waals surface area contributed by atoms with Crippen LogP contribution >= 0.6 is 10.7 Å². The first-order chi connectivity index (χ1) is 7.77. The summed E-state index contributed by atoms with van der Waals surface area (Å²) in [4.78, 5) is 0. The Morgan fingerprint density at radius 2 is 1.88 bits per heavy atom. The fraction of sp³-hybridized carbons (Fsp3) is 0.500. The van der Waals surface area contributed by atoms with Crippen molar-refractivity contribution in [2.75, 3.05) is 0 Å². The Balaban J connectivity index is 2.13. The van der Waals surface area contributed by atoms with Gasteiger partial charge in [-0.3, -0.25) is 4.18 Å². The predicted molar refractivity (Wildman–Crippen MR) is 66.5 cm³/mol. The van der Waals surface area contributed by atoms with Gasteiger partial charge < -0.3 is 0 Å². The molecular formula is C12H15ClO2S. The van der Waals surface area contributed by atoms with E-state index in [-0.39, 0.29) is 6.10 Å². The molecule has 1 aliphatic rings. The third kappa shape index (κ3) is 3.06. The Labute approximate surface area is 103 Å². The Bertz CT molecular complexity index is 355. The molecule has 2 nitrogen and oxygen atoms in total. The zero-order valence-corrected chi connectivity index (χ0v) is 10.5.